The molecule has 0 spiro atoms. The van der Waals surface area contributed by atoms with Crippen molar-refractivity contribution in [3.05, 3.63) is 182 Å². The first-order chi connectivity index (χ1) is 33.0. The second kappa shape index (κ2) is 10.1. The van der Waals surface area contributed by atoms with Gasteiger partial charge in [-0.2, -0.15) is 0 Å². The molecule has 9 aromatic carbocycles. The Kier molecular flexibility index (Phi) is 3.85. The highest BCUT2D eigenvalue weighted by molar-refractivity contribution is 6.33. The molecule has 0 amide bonds. The molecule has 58 heavy (non-hydrogen) atoms. The lowest BCUT2D eigenvalue weighted by Gasteiger charge is -2.09. The van der Waals surface area contributed by atoms with Crippen molar-refractivity contribution in [1.29, 1.82) is 0 Å². The van der Waals surface area contributed by atoms with Crippen molar-refractivity contribution in [1.82, 2.24) is 17.9 Å². The van der Waals surface area contributed by atoms with Gasteiger partial charge in [-0.15, -0.1) is 0 Å². The van der Waals surface area contributed by atoms with Crippen LogP contribution in [0, 0.1) is 0 Å². The average Bonchev–Trinajstić information content (AvgIpc) is 4.19. The molecule has 0 bridgehead atoms. The third-order valence-electron chi connectivity index (χ3n) is 12.8. The summed E-state index contributed by atoms with van der Waals surface area (Å²) in [6, 6.07) is 38.0. The van der Waals surface area contributed by atoms with Crippen LogP contribution in [-0.2, 0) is 0 Å². The summed E-state index contributed by atoms with van der Waals surface area (Å²) < 4.78 is 95.6. The van der Waals surface area contributed by atoms with Gasteiger partial charge in [0.25, 0.3) is 0 Å². The van der Waals surface area contributed by atoms with Crippen LogP contribution in [0.15, 0.2) is 182 Å². The molecule has 266 valence electrons. The Morgan fingerprint density at radius 3 is 1.45 bits per heavy atom. The van der Waals surface area contributed by atoms with E-state index in [2.05, 4.69) is 81.6 Å². The smallest absolute Gasteiger partial charge is 0.0645 e. The van der Waals surface area contributed by atoms with E-state index < -0.39 is 12.1 Å². The van der Waals surface area contributed by atoms with E-state index in [-0.39, 0.29) is 59.7 Å². The standard InChI is InChI=1S/C54H30N4/c1-3-13-31(14-4-1)55-44-23-9-8-18-34(44)42-28-48-43(29-47(42)55)37-20-11-19-35-40-27-41-36-21-12-22-39-51-46(57(53(36)39)49(41)30-50(40)58(48)52(35)37)26-25-38-33-17-7-10-24-45(33)56(54(38)51)32-15-5-2-6-16-32/h1-30H/i1D,2D,3D,4D,5D,6D,13D,14D,15D,16D. The molecule has 0 saturated carbocycles. The summed E-state index contributed by atoms with van der Waals surface area (Å²) in [6.45, 7) is 0. The molecule has 0 saturated heterocycles. The Morgan fingerprint density at radius 2 is 0.759 bits per heavy atom. The number of rotatable bonds is 2. The highest BCUT2D eigenvalue weighted by Crippen LogP contribution is 2.48. The minimum atomic E-state index is -0.436. The number of nitrogens with zero attached hydrogens (tertiary/aromatic N) is 4. The molecule has 0 N–H and O–H groups in total. The van der Waals surface area contributed by atoms with Crippen LogP contribution >= 0.6 is 0 Å². The zero-order chi connectivity index (χ0) is 46.1. The predicted molar refractivity (Wildman–Crippen MR) is 244 cm³/mol. The van der Waals surface area contributed by atoms with Gasteiger partial charge in [0.2, 0.25) is 0 Å². The summed E-state index contributed by atoms with van der Waals surface area (Å²) >= 11 is 0. The fourth-order valence-corrected chi connectivity index (χ4v) is 10.6. The molecular weight excluding hydrogens is 705 g/mol. The predicted octanol–water partition coefficient (Wildman–Crippen LogP) is 14.2. The average molecular weight is 745 g/mol. The van der Waals surface area contributed by atoms with Crippen LogP contribution in [0.5, 0.6) is 0 Å². The maximum atomic E-state index is 9.12. The molecular formula is C54H30N4. The zero-order valence-electron chi connectivity index (χ0n) is 40.3. The van der Waals surface area contributed by atoms with E-state index in [0.717, 1.165) is 120 Å². The van der Waals surface area contributed by atoms with Crippen LogP contribution < -0.4 is 0 Å². The lowest BCUT2D eigenvalue weighted by atomic mass is 10.0. The third kappa shape index (κ3) is 3.34. The highest BCUT2D eigenvalue weighted by atomic mass is 15.0. The van der Waals surface area contributed by atoms with E-state index in [9.17, 15) is 0 Å². The van der Waals surface area contributed by atoms with Gasteiger partial charge in [0.1, 0.15) is 0 Å². The fraction of sp³-hybridized carbons (Fsp3) is 0. The molecule has 0 atom stereocenters. The Labute approximate surface area is 343 Å². The van der Waals surface area contributed by atoms with Gasteiger partial charge < -0.3 is 17.9 Å². The summed E-state index contributed by atoms with van der Waals surface area (Å²) in [7, 11) is 0. The van der Waals surface area contributed by atoms with Gasteiger partial charge in [0, 0.05) is 76.0 Å². The molecule has 4 nitrogen and oxygen atoms in total. The molecule has 6 heterocycles. The van der Waals surface area contributed by atoms with Gasteiger partial charge in [0.05, 0.1) is 68.9 Å². The summed E-state index contributed by atoms with van der Waals surface area (Å²) in [5.41, 5.74) is 9.20. The van der Waals surface area contributed by atoms with E-state index >= 15 is 0 Å². The SMILES string of the molecule is [2H]c1c([2H])c([2H])c(-n2c3ccccc3c3cc4c(cc32)c2cccc3c5cc6c7cccc8c9c%10c(ccc9n(c6cc5n4c23)c78)c2ccccc2n%10-c2c([2H])c([2H])c([2H])c([2H])c2[2H])c([2H])c1[2H]. The topological polar surface area (TPSA) is 18.7 Å². The van der Waals surface area contributed by atoms with Crippen LogP contribution in [0.4, 0.5) is 0 Å². The van der Waals surface area contributed by atoms with Crippen molar-refractivity contribution >= 4 is 120 Å². The van der Waals surface area contributed by atoms with E-state index in [0.29, 0.717) is 0 Å². The van der Waals surface area contributed by atoms with E-state index in [1.165, 1.54) is 0 Å². The first kappa shape index (κ1) is 22.1. The lowest BCUT2D eigenvalue weighted by molar-refractivity contribution is 1.18. The van der Waals surface area contributed by atoms with Gasteiger partial charge >= 0.3 is 0 Å². The second-order valence-electron chi connectivity index (χ2n) is 15.4. The third-order valence-corrected chi connectivity index (χ3v) is 12.8. The maximum absolute atomic E-state index is 9.12. The van der Waals surface area contributed by atoms with Gasteiger partial charge in [-0.25, -0.2) is 0 Å². The van der Waals surface area contributed by atoms with Gasteiger partial charge in [-0.1, -0.05) is 115 Å². The number of benzene rings is 9. The van der Waals surface area contributed by atoms with Crippen LogP contribution in [-0.4, -0.2) is 17.9 Å². The Bertz CT molecular complexity index is 4810. The molecule has 4 heteroatoms. The Morgan fingerprint density at radius 1 is 0.293 bits per heavy atom. The number of aromatic nitrogens is 4. The lowest BCUT2D eigenvalue weighted by Crippen LogP contribution is -1.93. The largest absolute Gasteiger partial charge is 0.309 e. The molecule has 15 aromatic rings. The summed E-state index contributed by atoms with van der Waals surface area (Å²) in [4.78, 5) is 0. The van der Waals surface area contributed by atoms with Crippen molar-refractivity contribution < 1.29 is 13.7 Å². The monoisotopic (exact) mass is 744 g/mol. The molecule has 0 aliphatic heterocycles. The van der Waals surface area contributed by atoms with Gasteiger partial charge in [0.15, 0.2) is 0 Å². The fourth-order valence-electron chi connectivity index (χ4n) is 10.6. The van der Waals surface area contributed by atoms with Crippen molar-refractivity contribution in [2.24, 2.45) is 0 Å². The first-order valence-corrected chi connectivity index (χ1v) is 19.3. The molecule has 0 unspecified atom stereocenters. The van der Waals surface area contributed by atoms with Crippen molar-refractivity contribution in [3.8, 4) is 11.4 Å². The Hall–Kier alpha value is -7.82. The summed E-state index contributed by atoms with van der Waals surface area (Å²) in [5.74, 6) is 0. The van der Waals surface area contributed by atoms with Gasteiger partial charge in [-0.3, -0.25) is 0 Å². The van der Waals surface area contributed by atoms with Crippen LogP contribution in [0.2, 0.25) is 0 Å². The molecule has 0 aliphatic carbocycles. The minimum absolute atomic E-state index is 0.105. The minimum Gasteiger partial charge on any atom is -0.309 e. The van der Waals surface area contributed by atoms with Crippen LogP contribution in [0.1, 0.15) is 13.7 Å². The van der Waals surface area contributed by atoms with E-state index in [4.69, 9.17) is 13.7 Å². The van der Waals surface area contributed by atoms with Gasteiger partial charge in [-0.05, 0) is 66.6 Å². The van der Waals surface area contributed by atoms with Crippen molar-refractivity contribution in [2.75, 3.05) is 0 Å². The summed E-state index contributed by atoms with van der Waals surface area (Å²) in [5, 5.41) is 11.9. The van der Waals surface area contributed by atoms with E-state index in [1.54, 1.807) is 0 Å². The number of hydrogen-bond acceptors (Lipinski definition) is 0. The number of para-hydroxylation sites is 6. The van der Waals surface area contributed by atoms with Crippen molar-refractivity contribution in [3.63, 3.8) is 0 Å². The number of fused-ring (bicyclic) bond motifs is 19. The zero-order valence-corrected chi connectivity index (χ0v) is 30.3. The Balaban J connectivity index is 1.08. The molecule has 15 rings (SSSR count). The quantitative estimate of drug-likeness (QED) is 0.168. The molecule has 6 aromatic heterocycles. The number of hydrogen-bond donors (Lipinski definition) is 0. The molecule has 0 fully saturated rings. The van der Waals surface area contributed by atoms with E-state index in [1.807, 2.05) is 57.7 Å². The molecule has 0 aliphatic rings. The molecule has 0 radical (unpaired) electrons. The van der Waals surface area contributed by atoms with Crippen LogP contribution in [0.25, 0.3) is 131 Å². The summed E-state index contributed by atoms with van der Waals surface area (Å²) in [6.07, 6.45) is 0. The first-order valence-electron chi connectivity index (χ1n) is 24.3. The highest BCUT2D eigenvalue weighted by Gasteiger charge is 2.25. The van der Waals surface area contributed by atoms with Crippen LogP contribution in [0.3, 0.4) is 0 Å². The second-order valence-corrected chi connectivity index (χ2v) is 15.4. The maximum Gasteiger partial charge on any atom is 0.0645 e. The normalized spacial score (nSPS) is 15.2. The van der Waals surface area contributed by atoms with Crippen molar-refractivity contribution in [2.45, 2.75) is 0 Å².